The van der Waals surface area contributed by atoms with Gasteiger partial charge in [-0.15, -0.1) is 11.6 Å². The number of hydrogen-bond donors (Lipinski definition) is 0. The van der Waals surface area contributed by atoms with Crippen LogP contribution in [0.15, 0.2) is 0 Å². The van der Waals surface area contributed by atoms with E-state index in [0.29, 0.717) is 0 Å². The quantitative estimate of drug-likeness (QED) is 0.504. The van der Waals surface area contributed by atoms with Gasteiger partial charge in [-0.1, -0.05) is 23.2 Å². The third-order valence-electron chi connectivity index (χ3n) is 0.766. The summed E-state index contributed by atoms with van der Waals surface area (Å²) in [5.74, 6) is 0. The molecular formula is C4H3Cl3F4. The van der Waals surface area contributed by atoms with Gasteiger partial charge in [0.2, 0.25) is 0 Å². The van der Waals surface area contributed by atoms with Crippen molar-refractivity contribution in [3.8, 4) is 0 Å². The topological polar surface area (TPSA) is 0 Å². The van der Waals surface area contributed by atoms with Gasteiger partial charge in [0.05, 0.1) is 6.42 Å². The number of rotatable bonds is 2. The molecule has 0 heterocycles. The SMILES string of the molecule is FC(F)(F)CC(Cl)C(F)(Cl)Cl. The van der Waals surface area contributed by atoms with Crippen LogP contribution in [-0.4, -0.2) is 16.1 Å². The summed E-state index contributed by atoms with van der Waals surface area (Å²) in [6, 6.07) is 0. The lowest BCUT2D eigenvalue weighted by Gasteiger charge is -2.17. The molecule has 0 nitrogen and oxygen atoms in total. The van der Waals surface area contributed by atoms with Crippen LogP contribution in [0.2, 0.25) is 0 Å². The zero-order valence-electron chi connectivity index (χ0n) is 4.93. The van der Waals surface area contributed by atoms with Gasteiger partial charge in [-0.05, 0) is 0 Å². The third kappa shape index (κ3) is 5.82. The van der Waals surface area contributed by atoms with Gasteiger partial charge in [0.15, 0.2) is 0 Å². The van der Waals surface area contributed by atoms with Crippen molar-refractivity contribution >= 4 is 34.8 Å². The van der Waals surface area contributed by atoms with E-state index in [1.807, 2.05) is 0 Å². The molecule has 1 unspecified atom stereocenters. The second-order valence-corrected chi connectivity index (χ2v) is 3.65. The first-order chi connectivity index (χ1) is 4.63. The fraction of sp³-hybridized carbons (Fsp3) is 1.00. The lowest BCUT2D eigenvalue weighted by Crippen LogP contribution is -2.27. The highest BCUT2D eigenvalue weighted by Gasteiger charge is 2.42. The lowest BCUT2D eigenvalue weighted by atomic mass is 10.3. The molecule has 1 atom stereocenters. The minimum Gasteiger partial charge on any atom is -0.206 e. The van der Waals surface area contributed by atoms with Gasteiger partial charge in [-0.3, -0.25) is 0 Å². The zero-order chi connectivity index (χ0) is 9.28. The van der Waals surface area contributed by atoms with E-state index in [1.54, 1.807) is 0 Å². The van der Waals surface area contributed by atoms with E-state index in [1.165, 1.54) is 0 Å². The van der Waals surface area contributed by atoms with E-state index in [9.17, 15) is 17.6 Å². The molecule has 0 radical (unpaired) electrons. The third-order valence-corrected chi connectivity index (χ3v) is 1.97. The van der Waals surface area contributed by atoms with Crippen LogP contribution >= 0.6 is 34.8 Å². The summed E-state index contributed by atoms with van der Waals surface area (Å²) >= 11 is 14.2. The fourth-order valence-electron chi connectivity index (χ4n) is 0.319. The summed E-state index contributed by atoms with van der Waals surface area (Å²) < 4.78 is 43.6. The Morgan fingerprint density at radius 3 is 1.55 bits per heavy atom. The van der Waals surface area contributed by atoms with Crippen LogP contribution in [-0.2, 0) is 0 Å². The molecule has 0 N–H and O–H groups in total. The van der Waals surface area contributed by atoms with E-state index in [0.717, 1.165) is 0 Å². The largest absolute Gasteiger partial charge is 0.390 e. The molecule has 0 rings (SSSR count). The highest BCUT2D eigenvalue weighted by molar-refractivity contribution is 6.51. The molecule has 11 heavy (non-hydrogen) atoms. The Morgan fingerprint density at radius 2 is 1.45 bits per heavy atom. The maximum Gasteiger partial charge on any atom is 0.390 e. The van der Waals surface area contributed by atoms with Gasteiger partial charge >= 0.3 is 6.18 Å². The Hall–Kier alpha value is 0.590. The number of alkyl halides is 7. The Labute approximate surface area is 75.4 Å². The Morgan fingerprint density at radius 1 is 1.09 bits per heavy atom. The minimum atomic E-state index is -4.56. The van der Waals surface area contributed by atoms with E-state index >= 15 is 0 Å². The molecule has 0 aliphatic carbocycles. The first-order valence-electron chi connectivity index (χ1n) is 2.40. The molecule has 0 saturated carbocycles. The van der Waals surface area contributed by atoms with Crippen LogP contribution in [0.25, 0.3) is 0 Å². The molecule has 0 aromatic rings. The molecule has 0 saturated heterocycles. The van der Waals surface area contributed by atoms with Crippen LogP contribution in [0.5, 0.6) is 0 Å². The molecule has 0 fully saturated rings. The van der Waals surface area contributed by atoms with Gasteiger partial charge in [0.25, 0.3) is 4.59 Å². The Balaban J connectivity index is 3.99. The normalized spacial score (nSPS) is 16.6. The maximum absolute atomic E-state index is 12.2. The van der Waals surface area contributed by atoms with E-state index in [2.05, 4.69) is 23.2 Å². The summed E-state index contributed by atoms with van der Waals surface area (Å²) in [6.45, 7) is 0. The van der Waals surface area contributed by atoms with Crippen molar-refractivity contribution in [3.63, 3.8) is 0 Å². The molecule has 7 heteroatoms. The van der Waals surface area contributed by atoms with Crippen molar-refractivity contribution in [2.75, 3.05) is 0 Å². The molecular weight excluding hydrogens is 230 g/mol. The van der Waals surface area contributed by atoms with Crippen molar-refractivity contribution in [3.05, 3.63) is 0 Å². The second kappa shape index (κ2) is 3.54. The van der Waals surface area contributed by atoms with Crippen LogP contribution in [0.1, 0.15) is 6.42 Å². The van der Waals surface area contributed by atoms with E-state index < -0.39 is 22.6 Å². The Kier molecular flexibility index (Phi) is 3.73. The summed E-state index contributed by atoms with van der Waals surface area (Å²) in [5.41, 5.74) is 0. The average molecular weight is 233 g/mol. The van der Waals surface area contributed by atoms with Gasteiger partial charge < -0.3 is 0 Å². The van der Waals surface area contributed by atoms with Crippen molar-refractivity contribution in [2.24, 2.45) is 0 Å². The smallest absolute Gasteiger partial charge is 0.206 e. The first kappa shape index (κ1) is 11.6. The zero-order valence-corrected chi connectivity index (χ0v) is 7.20. The van der Waals surface area contributed by atoms with Gasteiger partial charge in [0, 0.05) is 0 Å². The first-order valence-corrected chi connectivity index (χ1v) is 3.59. The minimum absolute atomic E-state index is 1.56. The lowest BCUT2D eigenvalue weighted by molar-refractivity contribution is -0.136. The van der Waals surface area contributed by atoms with Crippen LogP contribution < -0.4 is 0 Å². The average Bonchev–Trinajstić information content (AvgIpc) is 1.56. The molecule has 0 bridgehead atoms. The van der Waals surface area contributed by atoms with Crippen molar-refractivity contribution in [1.82, 2.24) is 0 Å². The molecule has 0 amide bonds. The van der Waals surface area contributed by atoms with Gasteiger partial charge in [-0.25, -0.2) is 4.39 Å². The predicted octanol–water partition coefficient (Wildman–Crippen LogP) is 3.65. The molecule has 0 spiro atoms. The monoisotopic (exact) mass is 232 g/mol. The number of halogens is 7. The molecule has 0 aromatic carbocycles. The van der Waals surface area contributed by atoms with Gasteiger partial charge in [-0.2, -0.15) is 13.2 Å². The molecule has 0 aliphatic rings. The predicted molar refractivity (Wildman–Crippen MR) is 35.9 cm³/mol. The highest BCUT2D eigenvalue weighted by Crippen LogP contribution is 2.37. The standard InChI is InChI=1S/C4H3Cl3F4/c5-2(4(6,7)11)1-3(8,9)10/h2H,1H2. The van der Waals surface area contributed by atoms with Crippen LogP contribution in [0.3, 0.4) is 0 Å². The number of hydrogen-bond acceptors (Lipinski definition) is 0. The highest BCUT2D eigenvalue weighted by atomic mass is 35.5. The summed E-state index contributed by atoms with van der Waals surface area (Å²) in [6.07, 6.45) is -6.12. The van der Waals surface area contributed by atoms with Crippen molar-refractivity contribution in [2.45, 2.75) is 22.6 Å². The van der Waals surface area contributed by atoms with Crippen molar-refractivity contribution < 1.29 is 17.6 Å². The van der Waals surface area contributed by atoms with Gasteiger partial charge in [0.1, 0.15) is 5.38 Å². The second-order valence-electron chi connectivity index (χ2n) is 1.83. The molecule has 0 aromatic heterocycles. The van der Waals surface area contributed by atoms with Crippen molar-refractivity contribution in [1.29, 1.82) is 0 Å². The fourth-order valence-corrected chi connectivity index (χ4v) is 0.648. The van der Waals surface area contributed by atoms with E-state index in [4.69, 9.17) is 11.6 Å². The summed E-state index contributed by atoms with van der Waals surface area (Å²) in [4.78, 5) is 0. The molecule has 68 valence electrons. The van der Waals surface area contributed by atoms with E-state index in [-0.39, 0.29) is 0 Å². The van der Waals surface area contributed by atoms with Crippen LogP contribution in [0.4, 0.5) is 17.6 Å². The summed E-state index contributed by atoms with van der Waals surface area (Å²) in [5, 5.41) is -1.98. The maximum atomic E-state index is 12.2. The Bertz CT molecular complexity index is 126. The van der Waals surface area contributed by atoms with Crippen LogP contribution in [0, 0.1) is 0 Å². The summed E-state index contributed by atoms with van der Waals surface area (Å²) in [7, 11) is 0. The molecule has 0 aliphatic heterocycles.